The number of aliphatic hydroxyl groups excluding tert-OH is 4. The zero-order valence-electron chi connectivity index (χ0n) is 11.6. The Labute approximate surface area is 113 Å². The molecule has 0 spiro atoms. The maximum Gasteiger partial charge on any atom is 0.197 e. The third-order valence-electron chi connectivity index (χ3n) is 3.68. The summed E-state index contributed by atoms with van der Waals surface area (Å²) in [5, 5.41) is 49.1. The molecule has 6 nitrogen and oxygen atoms in total. The van der Waals surface area contributed by atoms with E-state index in [1.165, 1.54) is 6.92 Å². The highest BCUT2D eigenvalue weighted by molar-refractivity contribution is 4.95. The van der Waals surface area contributed by atoms with Gasteiger partial charge in [0.15, 0.2) is 5.79 Å². The molecule has 1 fully saturated rings. The van der Waals surface area contributed by atoms with E-state index in [1.54, 1.807) is 0 Å². The van der Waals surface area contributed by atoms with Crippen molar-refractivity contribution in [2.75, 3.05) is 0 Å². The number of hydrogen-bond donors (Lipinski definition) is 5. The summed E-state index contributed by atoms with van der Waals surface area (Å²) in [5.41, 5.74) is 0. The summed E-state index contributed by atoms with van der Waals surface area (Å²) in [6, 6.07) is 0. The Bertz CT molecular complexity index is 274. The molecule has 0 saturated carbocycles. The highest BCUT2D eigenvalue weighted by atomic mass is 16.7. The number of aliphatic hydroxyl groups is 5. The summed E-state index contributed by atoms with van der Waals surface area (Å²) in [5.74, 6) is -2.02. The molecule has 0 aliphatic carbocycles. The molecule has 0 aromatic carbocycles. The molecule has 1 aliphatic heterocycles. The standard InChI is InChI=1S/C13H26O6/c1-3-4-5-6-9(14)7-13(18)12(17)11(16)10(15)8(2)19-13/h8-12,14-18H,3-7H2,1-2H3/t8-,9?,10+,11+,12-,13-/m0/s1. The van der Waals surface area contributed by atoms with Crippen LogP contribution in [0.3, 0.4) is 0 Å². The van der Waals surface area contributed by atoms with Crippen molar-refractivity contribution in [3.05, 3.63) is 0 Å². The fourth-order valence-corrected chi connectivity index (χ4v) is 2.43. The maximum absolute atomic E-state index is 10.2. The summed E-state index contributed by atoms with van der Waals surface area (Å²) >= 11 is 0. The molecule has 0 aromatic rings. The van der Waals surface area contributed by atoms with Gasteiger partial charge in [0.2, 0.25) is 0 Å². The second-order valence-corrected chi connectivity index (χ2v) is 5.45. The molecule has 0 amide bonds. The van der Waals surface area contributed by atoms with Gasteiger partial charge >= 0.3 is 0 Å². The highest BCUT2D eigenvalue weighted by Crippen LogP contribution is 2.32. The molecule has 1 heterocycles. The minimum absolute atomic E-state index is 0.188. The lowest BCUT2D eigenvalue weighted by Gasteiger charge is -2.45. The van der Waals surface area contributed by atoms with Crippen molar-refractivity contribution in [1.82, 2.24) is 0 Å². The maximum atomic E-state index is 10.2. The number of hydrogen-bond acceptors (Lipinski definition) is 6. The minimum Gasteiger partial charge on any atom is -0.393 e. The van der Waals surface area contributed by atoms with Gasteiger partial charge in [-0.15, -0.1) is 0 Å². The molecule has 6 heteroatoms. The summed E-state index contributed by atoms with van der Waals surface area (Å²) < 4.78 is 5.18. The van der Waals surface area contributed by atoms with Crippen LogP contribution >= 0.6 is 0 Å². The molecule has 1 unspecified atom stereocenters. The molecule has 0 bridgehead atoms. The smallest absolute Gasteiger partial charge is 0.197 e. The second-order valence-electron chi connectivity index (χ2n) is 5.45. The van der Waals surface area contributed by atoms with E-state index in [0.29, 0.717) is 6.42 Å². The van der Waals surface area contributed by atoms with Crippen molar-refractivity contribution in [2.45, 2.75) is 82.3 Å². The molecule has 19 heavy (non-hydrogen) atoms. The fraction of sp³-hybridized carbons (Fsp3) is 1.00. The first-order chi connectivity index (χ1) is 8.81. The number of ether oxygens (including phenoxy) is 1. The van der Waals surface area contributed by atoms with E-state index in [9.17, 15) is 25.5 Å². The molecule has 1 aliphatic rings. The van der Waals surface area contributed by atoms with Gasteiger partial charge in [0.1, 0.15) is 18.3 Å². The van der Waals surface area contributed by atoms with E-state index >= 15 is 0 Å². The van der Waals surface area contributed by atoms with Gasteiger partial charge in [-0.25, -0.2) is 0 Å². The van der Waals surface area contributed by atoms with Gasteiger partial charge < -0.3 is 30.3 Å². The van der Waals surface area contributed by atoms with Crippen molar-refractivity contribution in [3.8, 4) is 0 Å². The van der Waals surface area contributed by atoms with E-state index in [0.717, 1.165) is 19.3 Å². The highest BCUT2D eigenvalue weighted by Gasteiger charge is 2.51. The zero-order valence-corrected chi connectivity index (χ0v) is 11.6. The van der Waals surface area contributed by atoms with Crippen LogP contribution in [0.15, 0.2) is 0 Å². The molecule has 0 radical (unpaired) electrons. The van der Waals surface area contributed by atoms with Gasteiger partial charge in [0, 0.05) is 6.42 Å². The molecule has 1 rings (SSSR count). The Kier molecular flexibility index (Phi) is 6.16. The van der Waals surface area contributed by atoms with Crippen LogP contribution in [0.25, 0.3) is 0 Å². The Morgan fingerprint density at radius 2 is 1.79 bits per heavy atom. The van der Waals surface area contributed by atoms with Crippen molar-refractivity contribution in [3.63, 3.8) is 0 Å². The lowest BCUT2D eigenvalue weighted by atomic mass is 9.89. The van der Waals surface area contributed by atoms with Crippen LogP contribution in [0.4, 0.5) is 0 Å². The Morgan fingerprint density at radius 1 is 1.16 bits per heavy atom. The number of rotatable bonds is 6. The quantitative estimate of drug-likeness (QED) is 0.419. The van der Waals surface area contributed by atoms with Crippen LogP contribution in [0.5, 0.6) is 0 Å². The summed E-state index contributed by atoms with van der Waals surface area (Å²) in [4.78, 5) is 0. The van der Waals surface area contributed by atoms with Gasteiger partial charge in [-0.05, 0) is 13.3 Å². The van der Waals surface area contributed by atoms with E-state index in [2.05, 4.69) is 0 Å². The third-order valence-corrected chi connectivity index (χ3v) is 3.68. The Morgan fingerprint density at radius 3 is 2.37 bits per heavy atom. The van der Waals surface area contributed by atoms with E-state index in [-0.39, 0.29) is 6.42 Å². The lowest BCUT2D eigenvalue weighted by Crippen LogP contribution is -2.64. The van der Waals surface area contributed by atoms with Gasteiger partial charge in [-0.3, -0.25) is 0 Å². The van der Waals surface area contributed by atoms with Crippen molar-refractivity contribution >= 4 is 0 Å². The molecule has 6 atom stereocenters. The first kappa shape index (κ1) is 16.8. The van der Waals surface area contributed by atoms with Gasteiger partial charge in [0.05, 0.1) is 12.2 Å². The normalized spacial score (nSPS) is 41.2. The van der Waals surface area contributed by atoms with Crippen molar-refractivity contribution < 1.29 is 30.3 Å². The number of unbranched alkanes of at least 4 members (excludes halogenated alkanes) is 2. The van der Waals surface area contributed by atoms with Gasteiger partial charge in [-0.1, -0.05) is 26.2 Å². The first-order valence-electron chi connectivity index (χ1n) is 6.94. The lowest BCUT2D eigenvalue weighted by molar-refractivity contribution is -0.349. The first-order valence-corrected chi connectivity index (χ1v) is 6.94. The predicted molar refractivity (Wildman–Crippen MR) is 68.3 cm³/mol. The van der Waals surface area contributed by atoms with Crippen LogP contribution in [0, 0.1) is 0 Å². The largest absolute Gasteiger partial charge is 0.393 e. The molecule has 114 valence electrons. The minimum atomic E-state index is -2.02. The van der Waals surface area contributed by atoms with Crippen LogP contribution in [-0.4, -0.2) is 61.8 Å². The van der Waals surface area contributed by atoms with Crippen LogP contribution in [0.1, 0.15) is 46.0 Å². The topological polar surface area (TPSA) is 110 Å². The molecular weight excluding hydrogens is 252 g/mol. The second kappa shape index (κ2) is 6.97. The predicted octanol–water partition coefficient (Wildman–Crippen LogP) is -0.492. The molecule has 0 aromatic heterocycles. The third kappa shape index (κ3) is 4.11. The Hall–Kier alpha value is -0.240. The van der Waals surface area contributed by atoms with Gasteiger partial charge in [0.25, 0.3) is 0 Å². The Balaban J connectivity index is 2.58. The SMILES string of the molecule is CCCCCC(O)C[C@]1(O)O[C@@H](C)[C@@H](O)[C@@H](O)[C@@H]1O. The summed E-state index contributed by atoms with van der Waals surface area (Å²) in [6.45, 7) is 3.54. The summed E-state index contributed by atoms with van der Waals surface area (Å²) in [6.07, 6.45) is -2.87. The van der Waals surface area contributed by atoms with Crippen LogP contribution < -0.4 is 0 Å². The van der Waals surface area contributed by atoms with Gasteiger partial charge in [-0.2, -0.15) is 0 Å². The monoisotopic (exact) mass is 278 g/mol. The molecule has 5 N–H and O–H groups in total. The summed E-state index contributed by atoms with van der Waals surface area (Å²) in [7, 11) is 0. The van der Waals surface area contributed by atoms with Crippen molar-refractivity contribution in [1.29, 1.82) is 0 Å². The van der Waals surface area contributed by atoms with E-state index < -0.39 is 36.3 Å². The van der Waals surface area contributed by atoms with Crippen LogP contribution in [-0.2, 0) is 4.74 Å². The van der Waals surface area contributed by atoms with E-state index in [4.69, 9.17) is 4.74 Å². The average Bonchev–Trinajstić information content (AvgIpc) is 2.34. The molecule has 1 saturated heterocycles. The zero-order chi connectivity index (χ0) is 14.6. The van der Waals surface area contributed by atoms with E-state index in [1.807, 2.05) is 6.92 Å². The van der Waals surface area contributed by atoms with Crippen molar-refractivity contribution in [2.24, 2.45) is 0 Å². The fourth-order valence-electron chi connectivity index (χ4n) is 2.43. The molecular formula is C13H26O6. The van der Waals surface area contributed by atoms with Crippen LogP contribution in [0.2, 0.25) is 0 Å². The average molecular weight is 278 g/mol.